The highest BCUT2D eigenvalue weighted by Crippen LogP contribution is 2.29. The van der Waals surface area contributed by atoms with E-state index in [2.05, 4.69) is 37.5 Å². The Kier molecular flexibility index (Phi) is 8.08. The molecule has 2 heterocycles. The van der Waals surface area contributed by atoms with Crippen LogP contribution in [0.15, 0.2) is 36.8 Å². The first-order valence-corrected chi connectivity index (χ1v) is 11.4. The smallest absolute Gasteiger partial charge is 0.256 e. The first kappa shape index (κ1) is 25.4. The van der Waals surface area contributed by atoms with Crippen molar-refractivity contribution in [3.63, 3.8) is 0 Å². The Hall–Kier alpha value is -3.21. The summed E-state index contributed by atoms with van der Waals surface area (Å²) in [6, 6.07) is 4.88. The van der Waals surface area contributed by atoms with Gasteiger partial charge in [0.2, 0.25) is 5.95 Å². The molecular weight excluding hydrogens is 456 g/mol. The van der Waals surface area contributed by atoms with Gasteiger partial charge in [-0.1, -0.05) is 32.0 Å². The van der Waals surface area contributed by atoms with E-state index >= 15 is 0 Å². The van der Waals surface area contributed by atoms with E-state index in [-0.39, 0.29) is 42.1 Å². The number of halogens is 1. The lowest BCUT2D eigenvalue weighted by Gasteiger charge is -2.20. The van der Waals surface area contributed by atoms with Gasteiger partial charge in [0, 0.05) is 24.0 Å². The van der Waals surface area contributed by atoms with Crippen molar-refractivity contribution in [3.05, 3.63) is 47.4 Å². The van der Waals surface area contributed by atoms with Crippen molar-refractivity contribution >= 4 is 46.1 Å². The minimum atomic E-state index is -0.387. The molecule has 0 radical (unpaired) electrons. The van der Waals surface area contributed by atoms with Crippen LogP contribution in [0.25, 0.3) is 11.2 Å². The summed E-state index contributed by atoms with van der Waals surface area (Å²) in [6.07, 6.45) is 1.72. The quantitative estimate of drug-likeness (QED) is 0.293. The zero-order valence-electron chi connectivity index (χ0n) is 19.8. The van der Waals surface area contributed by atoms with E-state index < -0.39 is 0 Å². The van der Waals surface area contributed by atoms with Gasteiger partial charge in [-0.05, 0) is 38.0 Å². The van der Waals surface area contributed by atoms with Gasteiger partial charge in [-0.15, -0.1) is 0 Å². The summed E-state index contributed by atoms with van der Waals surface area (Å²) in [5, 5.41) is 19.0. The second kappa shape index (κ2) is 10.8. The van der Waals surface area contributed by atoms with E-state index in [9.17, 15) is 9.90 Å². The molecule has 0 fully saturated rings. The largest absolute Gasteiger partial charge is 0.394 e. The van der Waals surface area contributed by atoms with E-state index in [4.69, 9.17) is 17.3 Å². The third kappa shape index (κ3) is 5.64. The predicted octanol–water partition coefficient (Wildman–Crippen LogP) is 3.44. The van der Waals surface area contributed by atoms with Crippen molar-refractivity contribution < 1.29 is 9.90 Å². The number of benzene rings is 1. The molecule has 0 saturated heterocycles. The Bertz CT molecular complexity index is 1190. The minimum absolute atomic E-state index is 0.0546. The highest BCUT2D eigenvalue weighted by Gasteiger charge is 2.19. The number of aliphatic hydroxyl groups is 1. The molecule has 0 bridgehead atoms. The van der Waals surface area contributed by atoms with Crippen LogP contribution >= 0.6 is 11.6 Å². The maximum Gasteiger partial charge on any atom is 0.256 e. The number of imidazole rings is 1. The highest BCUT2D eigenvalue weighted by atomic mass is 35.5. The van der Waals surface area contributed by atoms with Gasteiger partial charge in [0.1, 0.15) is 0 Å². The topological polar surface area (TPSA) is 143 Å². The Morgan fingerprint density at radius 2 is 2.00 bits per heavy atom. The Balaban J connectivity index is 1.98. The number of nitrogens with two attached hydrogens (primary N) is 1. The number of nitrogens with zero attached hydrogens (tertiary/aromatic N) is 4. The molecule has 0 spiro atoms. The second-order valence-electron chi connectivity index (χ2n) is 8.57. The van der Waals surface area contributed by atoms with Crippen molar-refractivity contribution in [1.82, 2.24) is 24.8 Å². The van der Waals surface area contributed by atoms with Crippen LogP contribution in [0.3, 0.4) is 0 Å². The number of anilines is 3. The van der Waals surface area contributed by atoms with E-state index in [0.717, 1.165) is 0 Å². The third-order valence-electron chi connectivity index (χ3n) is 5.31. The van der Waals surface area contributed by atoms with E-state index in [1.807, 2.05) is 32.3 Å². The van der Waals surface area contributed by atoms with Crippen LogP contribution in [0, 0.1) is 5.92 Å². The number of carbonyl (C=O) groups excluding carboxylic acids is 1. The maximum absolute atomic E-state index is 12.4. The number of hydrogen-bond acceptors (Lipinski definition) is 8. The van der Waals surface area contributed by atoms with Gasteiger partial charge in [0.05, 0.1) is 29.6 Å². The Labute approximate surface area is 203 Å². The SMILES string of the molecule is C=C(CN)NC(=O)c1ccc(Nc2nc(NC(CO)C(C)C)nc3c2ncn3C(C)C)cc1Cl. The average Bonchev–Trinajstić information content (AvgIpc) is 3.21. The monoisotopic (exact) mass is 486 g/mol. The highest BCUT2D eigenvalue weighted by molar-refractivity contribution is 6.34. The van der Waals surface area contributed by atoms with Gasteiger partial charge in [0.25, 0.3) is 5.91 Å². The van der Waals surface area contributed by atoms with Crippen LogP contribution in [0.4, 0.5) is 17.5 Å². The summed E-state index contributed by atoms with van der Waals surface area (Å²) >= 11 is 6.38. The summed E-state index contributed by atoms with van der Waals surface area (Å²) in [5.41, 5.74) is 8.03. The molecule has 0 aliphatic rings. The van der Waals surface area contributed by atoms with Gasteiger partial charge in [0.15, 0.2) is 17.0 Å². The standard InChI is InChI=1S/C23H31ClN8O2/c1-12(2)18(10-33)29-23-30-20(19-21(31-23)32(11-26-19)13(3)4)28-15-6-7-16(17(24)8-15)22(34)27-14(5)9-25/h6-8,11-13,18,33H,5,9-10,25H2,1-4H3,(H,27,34)(H2,28,29,30,31). The number of nitrogens with one attached hydrogen (secondary N) is 3. The molecule has 182 valence electrons. The van der Waals surface area contributed by atoms with Crippen LogP contribution in [-0.2, 0) is 0 Å². The molecule has 2 aromatic heterocycles. The molecule has 1 aromatic carbocycles. The summed E-state index contributed by atoms with van der Waals surface area (Å²) in [6.45, 7) is 11.8. The Morgan fingerprint density at radius 3 is 2.59 bits per heavy atom. The van der Waals surface area contributed by atoms with Gasteiger partial charge in [-0.3, -0.25) is 4.79 Å². The first-order valence-electron chi connectivity index (χ1n) is 11.0. The Morgan fingerprint density at radius 1 is 1.26 bits per heavy atom. The zero-order chi connectivity index (χ0) is 25.0. The summed E-state index contributed by atoms with van der Waals surface area (Å²) in [4.78, 5) is 26.1. The average molecular weight is 487 g/mol. The van der Waals surface area contributed by atoms with Crippen molar-refractivity contribution in [2.75, 3.05) is 23.8 Å². The normalized spacial score (nSPS) is 12.3. The van der Waals surface area contributed by atoms with Gasteiger partial charge >= 0.3 is 0 Å². The molecule has 0 aliphatic carbocycles. The van der Waals surface area contributed by atoms with Crippen molar-refractivity contribution in [3.8, 4) is 0 Å². The summed E-state index contributed by atoms with van der Waals surface area (Å²) in [7, 11) is 0. The molecule has 1 atom stereocenters. The zero-order valence-corrected chi connectivity index (χ0v) is 20.5. The van der Waals surface area contributed by atoms with Crippen molar-refractivity contribution in [1.29, 1.82) is 0 Å². The van der Waals surface area contributed by atoms with E-state index in [1.165, 1.54) is 0 Å². The molecule has 1 amide bonds. The summed E-state index contributed by atoms with van der Waals surface area (Å²) in [5.74, 6) is 0.621. The molecule has 6 N–H and O–H groups in total. The van der Waals surface area contributed by atoms with Crippen LogP contribution in [-0.4, -0.2) is 49.7 Å². The number of aromatic nitrogens is 4. The molecule has 1 unspecified atom stereocenters. The molecule has 3 rings (SSSR count). The van der Waals surface area contributed by atoms with E-state index in [1.54, 1.807) is 24.5 Å². The number of carbonyl (C=O) groups is 1. The first-order chi connectivity index (χ1) is 16.1. The van der Waals surface area contributed by atoms with Crippen molar-refractivity contribution in [2.45, 2.75) is 39.8 Å². The lowest BCUT2D eigenvalue weighted by molar-refractivity contribution is 0.0965. The molecule has 34 heavy (non-hydrogen) atoms. The van der Waals surface area contributed by atoms with Crippen LogP contribution in [0.5, 0.6) is 0 Å². The van der Waals surface area contributed by atoms with Crippen LogP contribution in [0.1, 0.15) is 44.1 Å². The number of amides is 1. The van der Waals surface area contributed by atoms with E-state index in [0.29, 0.717) is 39.9 Å². The number of rotatable bonds is 10. The van der Waals surface area contributed by atoms with Crippen LogP contribution in [0.2, 0.25) is 5.02 Å². The molecule has 0 aliphatic heterocycles. The fourth-order valence-electron chi connectivity index (χ4n) is 3.23. The second-order valence-corrected chi connectivity index (χ2v) is 8.98. The molecule has 11 heteroatoms. The van der Waals surface area contributed by atoms with Gasteiger partial charge in [-0.2, -0.15) is 9.97 Å². The maximum atomic E-state index is 12.4. The number of aliphatic hydroxyl groups excluding tert-OH is 1. The molecule has 0 saturated carbocycles. The lowest BCUT2D eigenvalue weighted by Crippen LogP contribution is -2.30. The number of fused-ring (bicyclic) bond motifs is 1. The molecule has 10 nitrogen and oxygen atoms in total. The molecular formula is C23H31ClN8O2. The predicted molar refractivity (Wildman–Crippen MR) is 135 cm³/mol. The van der Waals surface area contributed by atoms with Gasteiger partial charge in [-0.25, -0.2) is 4.98 Å². The lowest BCUT2D eigenvalue weighted by atomic mass is 10.1. The third-order valence-corrected chi connectivity index (χ3v) is 5.62. The van der Waals surface area contributed by atoms with Gasteiger partial charge < -0.3 is 31.4 Å². The number of hydrogen-bond donors (Lipinski definition) is 5. The minimum Gasteiger partial charge on any atom is -0.394 e. The fraction of sp³-hybridized carbons (Fsp3) is 0.391. The van der Waals surface area contributed by atoms with Crippen molar-refractivity contribution in [2.24, 2.45) is 11.7 Å². The summed E-state index contributed by atoms with van der Waals surface area (Å²) < 4.78 is 1.95. The molecule has 3 aromatic rings. The fourth-order valence-corrected chi connectivity index (χ4v) is 3.49. The van der Waals surface area contributed by atoms with Crippen LogP contribution < -0.4 is 21.7 Å².